The monoisotopic (exact) mass is 357 g/mol. The van der Waals surface area contributed by atoms with E-state index in [-0.39, 0.29) is 17.4 Å². The van der Waals surface area contributed by atoms with Gasteiger partial charge in [0.25, 0.3) is 11.6 Å². The van der Waals surface area contributed by atoms with Crippen molar-refractivity contribution in [3.8, 4) is 10.6 Å². The smallest absolute Gasteiger partial charge is 0.269 e. The highest BCUT2D eigenvalue weighted by Gasteiger charge is 2.17. The van der Waals surface area contributed by atoms with E-state index < -0.39 is 4.92 Å². The number of benzene rings is 2. The Balaban J connectivity index is 1.80. The van der Waals surface area contributed by atoms with Crippen LogP contribution in [0.25, 0.3) is 10.6 Å². The van der Waals surface area contributed by atoms with Crippen LogP contribution in [0.4, 0.5) is 15.8 Å². The maximum absolute atomic E-state index is 13.0. The second-order valence-electron chi connectivity index (χ2n) is 5.20. The van der Waals surface area contributed by atoms with Gasteiger partial charge in [0.05, 0.1) is 10.6 Å². The molecule has 0 aliphatic carbocycles. The number of aryl methyl sites for hydroxylation is 1. The minimum absolute atomic E-state index is 0.0504. The zero-order valence-electron chi connectivity index (χ0n) is 13.0. The molecule has 0 aliphatic rings. The molecule has 1 amide bonds. The molecular formula is C17H12FN3O3S. The molecule has 0 bridgehead atoms. The van der Waals surface area contributed by atoms with Crippen molar-refractivity contribution in [2.75, 3.05) is 5.32 Å². The molecule has 3 aromatic rings. The molecule has 25 heavy (non-hydrogen) atoms. The minimum atomic E-state index is -0.506. The number of nitrogens with one attached hydrogen (secondary N) is 1. The van der Waals surface area contributed by atoms with Gasteiger partial charge in [0.1, 0.15) is 15.7 Å². The topological polar surface area (TPSA) is 85.1 Å². The second kappa shape index (κ2) is 6.78. The van der Waals surface area contributed by atoms with Crippen molar-refractivity contribution in [2.24, 2.45) is 0 Å². The van der Waals surface area contributed by atoms with Crippen molar-refractivity contribution in [3.63, 3.8) is 0 Å². The third-order valence-electron chi connectivity index (χ3n) is 3.43. The van der Waals surface area contributed by atoms with Crippen molar-refractivity contribution in [1.29, 1.82) is 0 Å². The summed E-state index contributed by atoms with van der Waals surface area (Å²) in [4.78, 5) is 27.3. The summed E-state index contributed by atoms with van der Waals surface area (Å²) in [6.45, 7) is 1.72. The lowest BCUT2D eigenvalue weighted by atomic mass is 10.2. The third kappa shape index (κ3) is 3.69. The first-order chi connectivity index (χ1) is 11.9. The molecule has 6 nitrogen and oxygen atoms in total. The highest BCUT2D eigenvalue weighted by Crippen LogP contribution is 2.28. The molecule has 8 heteroatoms. The maximum Gasteiger partial charge on any atom is 0.269 e. The predicted octanol–water partition coefficient (Wildman–Crippen LogP) is 4.42. The Labute approximate surface area is 146 Å². The number of hydrogen-bond donors (Lipinski definition) is 1. The Hall–Kier alpha value is -3.13. The highest BCUT2D eigenvalue weighted by atomic mass is 32.1. The van der Waals surface area contributed by atoms with E-state index >= 15 is 0 Å². The lowest BCUT2D eigenvalue weighted by Gasteiger charge is -2.03. The summed E-state index contributed by atoms with van der Waals surface area (Å²) in [7, 11) is 0. The summed E-state index contributed by atoms with van der Waals surface area (Å²) in [6, 6.07) is 11.4. The number of aromatic nitrogens is 1. The lowest BCUT2D eigenvalue weighted by Crippen LogP contribution is -2.11. The van der Waals surface area contributed by atoms with Gasteiger partial charge in [-0.2, -0.15) is 0 Å². The molecule has 3 rings (SSSR count). The van der Waals surface area contributed by atoms with Gasteiger partial charge in [-0.15, -0.1) is 11.3 Å². The van der Waals surface area contributed by atoms with E-state index in [9.17, 15) is 19.3 Å². The molecule has 0 unspecified atom stereocenters. The van der Waals surface area contributed by atoms with Crippen LogP contribution < -0.4 is 5.32 Å². The molecule has 1 N–H and O–H groups in total. The summed E-state index contributed by atoms with van der Waals surface area (Å²) < 4.78 is 13.0. The van der Waals surface area contributed by atoms with Gasteiger partial charge in [-0.3, -0.25) is 14.9 Å². The Bertz CT molecular complexity index is 937. The van der Waals surface area contributed by atoms with Crippen molar-refractivity contribution in [2.45, 2.75) is 6.92 Å². The number of nitro groups is 1. The van der Waals surface area contributed by atoms with Crippen molar-refractivity contribution in [3.05, 3.63) is 75.0 Å². The van der Waals surface area contributed by atoms with Crippen LogP contribution in [0.15, 0.2) is 48.5 Å². The third-order valence-corrected chi connectivity index (χ3v) is 4.64. The number of hydrogen-bond acceptors (Lipinski definition) is 5. The molecule has 0 saturated carbocycles. The van der Waals surface area contributed by atoms with Gasteiger partial charge in [-0.25, -0.2) is 9.37 Å². The summed E-state index contributed by atoms with van der Waals surface area (Å²) in [5.74, 6) is -0.689. The second-order valence-corrected chi connectivity index (χ2v) is 6.20. The SMILES string of the molecule is Cc1nc(-c2ccc(F)cc2)sc1C(=O)Nc1ccc([N+](=O)[O-])cc1. The molecule has 0 atom stereocenters. The van der Waals surface area contributed by atoms with E-state index in [1.807, 2.05) is 0 Å². The van der Waals surface area contributed by atoms with Crippen LogP contribution >= 0.6 is 11.3 Å². The van der Waals surface area contributed by atoms with E-state index in [0.717, 1.165) is 5.56 Å². The zero-order chi connectivity index (χ0) is 18.0. The summed E-state index contributed by atoms with van der Waals surface area (Å²) in [6.07, 6.45) is 0. The maximum atomic E-state index is 13.0. The van der Waals surface area contributed by atoms with Gasteiger partial charge >= 0.3 is 0 Å². The average Bonchev–Trinajstić information content (AvgIpc) is 2.98. The first-order valence-electron chi connectivity index (χ1n) is 7.23. The van der Waals surface area contributed by atoms with Crippen LogP contribution in [0.5, 0.6) is 0 Å². The number of anilines is 1. The largest absolute Gasteiger partial charge is 0.321 e. The first kappa shape index (κ1) is 16.7. The van der Waals surface area contributed by atoms with E-state index in [4.69, 9.17) is 0 Å². The Morgan fingerprint density at radius 1 is 1.16 bits per heavy atom. The number of amides is 1. The van der Waals surface area contributed by atoms with Gasteiger partial charge in [-0.1, -0.05) is 0 Å². The molecule has 0 fully saturated rings. The van der Waals surface area contributed by atoms with Crippen LogP contribution in [0, 0.1) is 22.9 Å². The zero-order valence-corrected chi connectivity index (χ0v) is 13.8. The van der Waals surface area contributed by atoms with E-state index in [0.29, 0.717) is 21.3 Å². The highest BCUT2D eigenvalue weighted by molar-refractivity contribution is 7.17. The van der Waals surface area contributed by atoms with Crippen molar-refractivity contribution in [1.82, 2.24) is 4.98 Å². The average molecular weight is 357 g/mol. The van der Waals surface area contributed by atoms with Crippen molar-refractivity contribution < 1.29 is 14.1 Å². The minimum Gasteiger partial charge on any atom is -0.321 e. The normalized spacial score (nSPS) is 10.5. The fourth-order valence-corrected chi connectivity index (χ4v) is 3.14. The summed E-state index contributed by atoms with van der Waals surface area (Å²) >= 11 is 1.20. The van der Waals surface area contributed by atoms with Crippen LogP contribution in [-0.4, -0.2) is 15.8 Å². The fourth-order valence-electron chi connectivity index (χ4n) is 2.18. The van der Waals surface area contributed by atoms with E-state index in [1.165, 1.54) is 47.7 Å². The fraction of sp³-hybridized carbons (Fsp3) is 0.0588. The number of non-ortho nitro benzene ring substituents is 1. The predicted molar refractivity (Wildman–Crippen MR) is 93.3 cm³/mol. The number of carbonyl (C=O) groups is 1. The molecule has 2 aromatic carbocycles. The molecule has 0 spiro atoms. The summed E-state index contributed by atoms with van der Waals surface area (Å²) in [5, 5.41) is 14.0. The standard InChI is InChI=1S/C17H12FN3O3S/c1-10-15(25-17(19-10)11-2-4-12(18)5-3-11)16(22)20-13-6-8-14(9-7-13)21(23)24/h2-9H,1H3,(H,20,22). The number of nitro benzene ring substituents is 1. The molecule has 126 valence electrons. The molecular weight excluding hydrogens is 345 g/mol. The van der Waals surface area contributed by atoms with Gasteiger partial charge < -0.3 is 5.32 Å². The molecule has 1 heterocycles. The van der Waals surface area contributed by atoms with E-state index in [1.54, 1.807) is 19.1 Å². The van der Waals surface area contributed by atoms with Crippen LogP contribution in [0.3, 0.4) is 0 Å². The van der Waals surface area contributed by atoms with Gasteiger partial charge in [-0.05, 0) is 43.3 Å². The van der Waals surface area contributed by atoms with Crippen LogP contribution in [0.1, 0.15) is 15.4 Å². The molecule has 0 saturated heterocycles. The summed E-state index contributed by atoms with van der Waals surface area (Å²) in [5.41, 5.74) is 1.69. The quantitative estimate of drug-likeness (QED) is 0.553. The number of thiazole rings is 1. The van der Waals surface area contributed by atoms with Gasteiger partial charge in [0.2, 0.25) is 0 Å². The molecule has 0 aliphatic heterocycles. The molecule has 0 radical (unpaired) electrons. The lowest BCUT2D eigenvalue weighted by molar-refractivity contribution is -0.384. The van der Waals surface area contributed by atoms with Crippen LogP contribution in [-0.2, 0) is 0 Å². The number of nitrogens with zero attached hydrogens (tertiary/aromatic N) is 2. The first-order valence-corrected chi connectivity index (χ1v) is 8.05. The van der Waals surface area contributed by atoms with Gasteiger partial charge in [0.15, 0.2) is 0 Å². The molecule has 1 aromatic heterocycles. The van der Waals surface area contributed by atoms with Gasteiger partial charge in [0, 0.05) is 23.4 Å². The number of carbonyl (C=O) groups excluding carboxylic acids is 1. The Kier molecular flexibility index (Phi) is 4.53. The van der Waals surface area contributed by atoms with E-state index in [2.05, 4.69) is 10.3 Å². The number of rotatable bonds is 4. The Morgan fingerprint density at radius 2 is 1.80 bits per heavy atom. The Morgan fingerprint density at radius 3 is 2.40 bits per heavy atom. The number of halogens is 1. The van der Waals surface area contributed by atoms with Crippen molar-refractivity contribution >= 4 is 28.6 Å². The van der Waals surface area contributed by atoms with Crippen LogP contribution in [0.2, 0.25) is 0 Å².